The fourth-order valence-electron chi connectivity index (χ4n) is 7.62. The second-order valence-electron chi connectivity index (χ2n) is 15.8. The number of hydrogen-bond acceptors (Lipinski definition) is 9. The summed E-state index contributed by atoms with van der Waals surface area (Å²) < 4.78 is 22.2. The molecule has 55 heavy (non-hydrogen) atoms. The first-order valence-corrected chi connectivity index (χ1v) is 19.6. The summed E-state index contributed by atoms with van der Waals surface area (Å²) in [4.78, 5) is 44.7. The summed E-state index contributed by atoms with van der Waals surface area (Å²) in [6.07, 6.45) is 3.64. The third-order valence-corrected chi connectivity index (χ3v) is 10.4. The molecule has 2 amide bonds. The van der Waals surface area contributed by atoms with Crippen molar-refractivity contribution in [1.82, 2.24) is 10.2 Å². The fourth-order valence-corrected chi connectivity index (χ4v) is 7.74. The van der Waals surface area contributed by atoms with Crippen LogP contribution in [0.4, 0.5) is 16.2 Å². The molecule has 1 unspecified atom stereocenters. The quantitative estimate of drug-likeness (QED) is 0.164. The van der Waals surface area contributed by atoms with Crippen LogP contribution in [0.5, 0.6) is 11.5 Å². The zero-order valence-electron chi connectivity index (χ0n) is 33.5. The van der Waals surface area contributed by atoms with Gasteiger partial charge in [0.2, 0.25) is 5.91 Å². The number of hydrogen-bond donors (Lipinski definition) is 1. The Kier molecular flexibility index (Phi) is 14.0. The molecule has 1 fully saturated rings. The predicted octanol–water partition coefficient (Wildman–Crippen LogP) is 7.81. The third-order valence-electron chi connectivity index (χ3n) is 10.2. The Morgan fingerprint density at radius 2 is 1.64 bits per heavy atom. The topological polar surface area (TPSA) is 110 Å². The zero-order chi connectivity index (χ0) is 39.9. The molecule has 1 aliphatic carbocycles. The van der Waals surface area contributed by atoms with E-state index in [1.807, 2.05) is 88.0 Å². The van der Waals surface area contributed by atoms with E-state index in [0.717, 1.165) is 60.3 Å². The standard InChI is InChI=1S/C43H57ClN4O7/c1-28(2)54-38-25-36-31(23-37(38)52-7)24-39(49)48(41(36)30-11-13-32(44)14-12-30)35-19-17-33(18-20-35)46(6)26-29-9-15-34(16-10-29)47(27-40(50)53-8)22-21-45-42(51)55-43(3,4)5/h11-14,17-20,23,25,28-29,34,41H,9-10,15-16,21-22,24,26-27H2,1-8H3,(H,45,51). The lowest BCUT2D eigenvalue weighted by Crippen LogP contribution is -2.46. The molecule has 1 N–H and O–H groups in total. The summed E-state index contributed by atoms with van der Waals surface area (Å²) in [5.74, 6) is 1.43. The van der Waals surface area contributed by atoms with Crippen LogP contribution in [0.3, 0.4) is 0 Å². The Labute approximate surface area is 331 Å². The van der Waals surface area contributed by atoms with Crippen LogP contribution in [0.25, 0.3) is 0 Å². The number of nitrogens with zero attached hydrogens (tertiary/aromatic N) is 3. The number of alkyl carbamates (subject to hydrolysis) is 1. The summed E-state index contributed by atoms with van der Waals surface area (Å²) >= 11 is 6.30. The van der Waals surface area contributed by atoms with Crippen molar-refractivity contribution >= 4 is 40.9 Å². The van der Waals surface area contributed by atoms with Gasteiger partial charge in [-0.15, -0.1) is 0 Å². The van der Waals surface area contributed by atoms with Gasteiger partial charge >= 0.3 is 12.1 Å². The van der Waals surface area contributed by atoms with Crippen molar-refractivity contribution in [3.05, 3.63) is 82.4 Å². The average Bonchev–Trinajstić information content (AvgIpc) is 3.13. The molecule has 12 heteroatoms. The highest BCUT2D eigenvalue weighted by molar-refractivity contribution is 6.30. The first kappa shape index (κ1) is 41.7. The summed E-state index contributed by atoms with van der Waals surface area (Å²) in [5, 5.41) is 3.44. The van der Waals surface area contributed by atoms with Crippen molar-refractivity contribution in [2.75, 3.05) is 57.2 Å². The van der Waals surface area contributed by atoms with Crippen LogP contribution in [-0.2, 0) is 25.5 Å². The molecule has 5 rings (SSSR count). The zero-order valence-corrected chi connectivity index (χ0v) is 34.3. The molecule has 1 aliphatic heterocycles. The molecule has 1 heterocycles. The van der Waals surface area contributed by atoms with Crippen LogP contribution < -0.4 is 24.6 Å². The maximum absolute atomic E-state index is 14.0. The number of benzene rings is 3. The number of nitrogens with one attached hydrogen (secondary N) is 1. The Balaban J connectivity index is 1.26. The van der Waals surface area contributed by atoms with Gasteiger partial charge in [-0.25, -0.2) is 4.79 Å². The third kappa shape index (κ3) is 11.1. The van der Waals surface area contributed by atoms with E-state index >= 15 is 0 Å². The minimum atomic E-state index is -0.576. The van der Waals surface area contributed by atoms with Crippen LogP contribution in [0, 0.1) is 5.92 Å². The van der Waals surface area contributed by atoms with E-state index in [1.165, 1.54) is 7.11 Å². The minimum Gasteiger partial charge on any atom is -0.493 e. The number of anilines is 2. The Bertz CT molecular complexity index is 1770. The molecule has 1 atom stereocenters. The Hall–Kier alpha value is -4.48. The van der Waals surface area contributed by atoms with Gasteiger partial charge in [-0.05, 0) is 131 Å². The van der Waals surface area contributed by atoms with Gasteiger partial charge in [-0.1, -0.05) is 23.7 Å². The predicted molar refractivity (Wildman–Crippen MR) is 217 cm³/mol. The van der Waals surface area contributed by atoms with E-state index in [0.29, 0.717) is 35.5 Å². The number of carbonyl (C=O) groups excluding carboxylic acids is 3. The molecular weight excluding hydrogens is 720 g/mol. The Morgan fingerprint density at radius 1 is 0.964 bits per heavy atom. The summed E-state index contributed by atoms with van der Waals surface area (Å²) in [6.45, 7) is 11.4. The van der Waals surface area contributed by atoms with Crippen LogP contribution >= 0.6 is 11.6 Å². The second-order valence-corrected chi connectivity index (χ2v) is 16.2. The molecule has 0 radical (unpaired) electrons. The summed E-state index contributed by atoms with van der Waals surface area (Å²) in [7, 11) is 5.12. The number of carbonyl (C=O) groups is 3. The van der Waals surface area contributed by atoms with Crippen molar-refractivity contribution in [1.29, 1.82) is 0 Å². The maximum atomic E-state index is 14.0. The second kappa shape index (κ2) is 18.4. The van der Waals surface area contributed by atoms with Gasteiger partial charge in [0, 0.05) is 49.1 Å². The number of rotatable bonds is 14. The van der Waals surface area contributed by atoms with E-state index in [1.54, 1.807) is 7.11 Å². The lowest BCUT2D eigenvalue weighted by atomic mass is 9.85. The fraction of sp³-hybridized carbons (Fsp3) is 0.512. The summed E-state index contributed by atoms with van der Waals surface area (Å²) in [6, 6.07) is 19.7. The number of esters is 1. The van der Waals surface area contributed by atoms with E-state index in [4.69, 9.17) is 30.5 Å². The molecule has 0 bridgehead atoms. The van der Waals surface area contributed by atoms with Crippen molar-refractivity contribution < 1.29 is 33.3 Å². The maximum Gasteiger partial charge on any atom is 0.407 e. The summed E-state index contributed by atoms with van der Waals surface area (Å²) in [5.41, 5.74) is 4.14. The molecule has 2 aliphatic rings. The van der Waals surface area contributed by atoms with E-state index < -0.39 is 11.7 Å². The van der Waals surface area contributed by atoms with Gasteiger partial charge < -0.3 is 34.1 Å². The van der Waals surface area contributed by atoms with E-state index in [2.05, 4.69) is 34.3 Å². The molecule has 1 saturated carbocycles. The molecule has 0 spiro atoms. The highest BCUT2D eigenvalue weighted by Crippen LogP contribution is 2.44. The molecule has 3 aromatic rings. The number of amides is 2. The first-order valence-electron chi connectivity index (χ1n) is 19.2. The van der Waals surface area contributed by atoms with Crippen molar-refractivity contribution in [2.45, 2.75) is 90.5 Å². The Morgan fingerprint density at radius 3 is 2.24 bits per heavy atom. The number of ether oxygens (including phenoxy) is 4. The largest absolute Gasteiger partial charge is 0.493 e. The van der Waals surface area contributed by atoms with Gasteiger partial charge in [0.1, 0.15) is 5.60 Å². The van der Waals surface area contributed by atoms with Crippen LogP contribution in [0.2, 0.25) is 5.02 Å². The number of methoxy groups -OCH3 is 2. The molecule has 3 aromatic carbocycles. The monoisotopic (exact) mass is 776 g/mol. The SMILES string of the molecule is COC(=O)CN(CCNC(=O)OC(C)(C)C)C1CCC(CN(C)c2ccc(N3C(=O)Cc4cc(OC)c(OC(C)C)cc4C3c3ccc(Cl)cc3)cc2)CC1. The molecule has 11 nitrogen and oxygen atoms in total. The van der Waals surface area contributed by atoms with Gasteiger partial charge in [0.25, 0.3) is 0 Å². The van der Waals surface area contributed by atoms with Gasteiger partial charge in [0.15, 0.2) is 11.5 Å². The highest BCUT2D eigenvalue weighted by Gasteiger charge is 2.36. The average molecular weight is 777 g/mol. The molecule has 0 saturated heterocycles. The molecule has 298 valence electrons. The number of halogens is 1. The van der Waals surface area contributed by atoms with Crippen LogP contribution in [0.1, 0.15) is 83.0 Å². The highest BCUT2D eigenvalue weighted by atomic mass is 35.5. The van der Waals surface area contributed by atoms with Crippen molar-refractivity contribution in [3.63, 3.8) is 0 Å². The normalized spacial score (nSPS) is 18.5. The molecule has 0 aromatic heterocycles. The van der Waals surface area contributed by atoms with Crippen molar-refractivity contribution in [3.8, 4) is 11.5 Å². The molecular formula is C43H57ClN4O7. The lowest BCUT2D eigenvalue weighted by molar-refractivity contribution is -0.142. The van der Waals surface area contributed by atoms with Gasteiger partial charge in [-0.2, -0.15) is 0 Å². The van der Waals surface area contributed by atoms with E-state index in [9.17, 15) is 14.4 Å². The van der Waals surface area contributed by atoms with Crippen LogP contribution in [-0.4, -0.2) is 88.1 Å². The lowest BCUT2D eigenvalue weighted by Gasteiger charge is -2.39. The van der Waals surface area contributed by atoms with Crippen molar-refractivity contribution in [2.24, 2.45) is 5.92 Å². The van der Waals surface area contributed by atoms with Crippen LogP contribution in [0.15, 0.2) is 60.7 Å². The smallest absolute Gasteiger partial charge is 0.407 e. The minimum absolute atomic E-state index is 0.00763. The van der Waals surface area contributed by atoms with Gasteiger partial charge in [0.05, 0.1) is 39.3 Å². The number of fused-ring (bicyclic) bond motifs is 1. The van der Waals surface area contributed by atoms with E-state index in [-0.39, 0.29) is 43.0 Å². The first-order chi connectivity index (χ1) is 26.1. The van der Waals surface area contributed by atoms with Gasteiger partial charge in [-0.3, -0.25) is 14.5 Å².